The molecule has 0 unspecified atom stereocenters. The van der Waals surface area contributed by atoms with Crippen molar-refractivity contribution in [2.24, 2.45) is 0 Å². The van der Waals surface area contributed by atoms with Crippen molar-refractivity contribution in [1.82, 2.24) is 4.98 Å². The summed E-state index contributed by atoms with van der Waals surface area (Å²) >= 11 is 0. The van der Waals surface area contributed by atoms with E-state index in [0.29, 0.717) is 44.3 Å². The van der Waals surface area contributed by atoms with Gasteiger partial charge in [0, 0.05) is 12.8 Å². The monoisotopic (exact) mass is 227 g/mol. The number of aromatic nitrogens is 1. The Labute approximate surface area is 94.8 Å². The molecule has 90 valence electrons. The van der Waals surface area contributed by atoms with Gasteiger partial charge in [-0.05, 0) is 20.3 Å². The molecule has 0 N–H and O–H groups in total. The Kier molecular flexibility index (Phi) is 5.39. The Morgan fingerprint density at radius 1 is 1.44 bits per heavy atom. The first-order chi connectivity index (χ1) is 7.76. The van der Waals surface area contributed by atoms with Crippen molar-refractivity contribution < 1.29 is 18.7 Å². The van der Waals surface area contributed by atoms with E-state index in [1.54, 1.807) is 13.1 Å². The average molecular weight is 227 g/mol. The molecule has 0 radical (unpaired) electrons. The second kappa shape index (κ2) is 6.87. The molecule has 5 nitrogen and oxygen atoms in total. The second-order valence-electron chi connectivity index (χ2n) is 3.16. The Bertz CT molecular complexity index is 322. The highest BCUT2D eigenvalue weighted by molar-refractivity contribution is 5.69. The molecule has 16 heavy (non-hydrogen) atoms. The minimum Gasteiger partial charge on any atom is -0.466 e. The standard InChI is InChI=1S/C11H17NO4/c1-3-14-10(13)7-5-6-9-12-8-11(16-9)15-4-2/h8H,3-7H2,1-2H3. The Balaban J connectivity index is 2.23. The number of rotatable bonds is 7. The Morgan fingerprint density at radius 3 is 2.94 bits per heavy atom. The zero-order chi connectivity index (χ0) is 11.8. The van der Waals surface area contributed by atoms with E-state index in [4.69, 9.17) is 13.9 Å². The summed E-state index contributed by atoms with van der Waals surface area (Å²) in [5.74, 6) is 0.834. The highest BCUT2D eigenvalue weighted by Gasteiger charge is 2.06. The fourth-order valence-corrected chi connectivity index (χ4v) is 1.24. The van der Waals surface area contributed by atoms with Crippen LogP contribution in [0.4, 0.5) is 0 Å². The number of carbonyl (C=O) groups excluding carboxylic acids is 1. The summed E-state index contributed by atoms with van der Waals surface area (Å²) in [6.45, 7) is 4.65. The molecule has 1 heterocycles. The molecule has 1 aromatic heterocycles. The molecule has 0 aromatic carbocycles. The van der Waals surface area contributed by atoms with Gasteiger partial charge in [0.1, 0.15) is 6.20 Å². The van der Waals surface area contributed by atoms with Gasteiger partial charge in [0.2, 0.25) is 0 Å². The van der Waals surface area contributed by atoms with E-state index in [1.165, 1.54) is 0 Å². The molecule has 1 aromatic rings. The summed E-state index contributed by atoms with van der Waals surface area (Å²) in [6.07, 6.45) is 3.22. The van der Waals surface area contributed by atoms with Gasteiger partial charge in [-0.15, -0.1) is 0 Å². The summed E-state index contributed by atoms with van der Waals surface area (Å²) in [7, 11) is 0. The smallest absolute Gasteiger partial charge is 0.305 e. The van der Waals surface area contributed by atoms with E-state index in [9.17, 15) is 4.79 Å². The normalized spacial score (nSPS) is 10.1. The lowest BCUT2D eigenvalue weighted by atomic mass is 10.2. The van der Waals surface area contributed by atoms with Gasteiger partial charge in [-0.1, -0.05) is 0 Å². The maximum Gasteiger partial charge on any atom is 0.305 e. The van der Waals surface area contributed by atoms with E-state index in [0.717, 1.165) is 0 Å². The fourth-order valence-electron chi connectivity index (χ4n) is 1.24. The average Bonchev–Trinajstić information content (AvgIpc) is 2.67. The van der Waals surface area contributed by atoms with Crippen LogP contribution in [-0.2, 0) is 16.0 Å². The van der Waals surface area contributed by atoms with Crippen LogP contribution in [-0.4, -0.2) is 24.2 Å². The third kappa shape index (κ3) is 4.33. The van der Waals surface area contributed by atoms with Crippen LogP contribution < -0.4 is 4.74 Å². The molecule has 0 saturated carbocycles. The van der Waals surface area contributed by atoms with Crippen molar-refractivity contribution in [2.45, 2.75) is 33.1 Å². The van der Waals surface area contributed by atoms with Gasteiger partial charge in [0.15, 0.2) is 5.89 Å². The summed E-state index contributed by atoms with van der Waals surface area (Å²) < 4.78 is 15.2. The largest absolute Gasteiger partial charge is 0.466 e. The minimum atomic E-state index is -0.181. The number of ether oxygens (including phenoxy) is 2. The summed E-state index contributed by atoms with van der Waals surface area (Å²) in [4.78, 5) is 15.1. The minimum absolute atomic E-state index is 0.181. The lowest BCUT2D eigenvalue weighted by Crippen LogP contribution is -2.04. The number of carbonyl (C=O) groups is 1. The van der Waals surface area contributed by atoms with Gasteiger partial charge in [0.05, 0.1) is 13.2 Å². The molecule has 0 fully saturated rings. The van der Waals surface area contributed by atoms with Gasteiger partial charge in [-0.3, -0.25) is 4.79 Å². The molecule has 0 aliphatic carbocycles. The number of esters is 1. The molecule has 0 aliphatic rings. The maximum atomic E-state index is 11.0. The highest BCUT2D eigenvalue weighted by atomic mass is 16.6. The van der Waals surface area contributed by atoms with Crippen LogP contribution in [0.15, 0.2) is 10.6 Å². The lowest BCUT2D eigenvalue weighted by molar-refractivity contribution is -0.143. The molecule has 1 rings (SSSR count). The predicted molar refractivity (Wildman–Crippen MR) is 57.2 cm³/mol. The first-order valence-corrected chi connectivity index (χ1v) is 5.49. The Hall–Kier alpha value is -1.52. The predicted octanol–water partition coefficient (Wildman–Crippen LogP) is 1.96. The van der Waals surface area contributed by atoms with Crippen LogP contribution >= 0.6 is 0 Å². The van der Waals surface area contributed by atoms with Crippen molar-refractivity contribution in [3.05, 3.63) is 12.1 Å². The lowest BCUT2D eigenvalue weighted by Gasteiger charge is -1.99. The van der Waals surface area contributed by atoms with E-state index in [1.807, 2.05) is 6.92 Å². The Morgan fingerprint density at radius 2 is 2.25 bits per heavy atom. The van der Waals surface area contributed by atoms with Crippen molar-refractivity contribution in [3.63, 3.8) is 0 Å². The first-order valence-electron chi connectivity index (χ1n) is 5.49. The van der Waals surface area contributed by atoms with Gasteiger partial charge in [-0.2, -0.15) is 0 Å². The van der Waals surface area contributed by atoms with Crippen LogP contribution in [0, 0.1) is 0 Å². The van der Waals surface area contributed by atoms with Crippen molar-refractivity contribution in [1.29, 1.82) is 0 Å². The summed E-state index contributed by atoms with van der Waals surface area (Å²) in [5, 5.41) is 0. The first kappa shape index (κ1) is 12.5. The van der Waals surface area contributed by atoms with Gasteiger partial charge >= 0.3 is 11.9 Å². The number of nitrogens with zero attached hydrogens (tertiary/aromatic N) is 1. The molecule has 0 aliphatic heterocycles. The zero-order valence-corrected chi connectivity index (χ0v) is 9.69. The molecule has 0 bridgehead atoms. The van der Waals surface area contributed by atoms with Crippen LogP contribution in [0.2, 0.25) is 0 Å². The van der Waals surface area contributed by atoms with E-state index in [2.05, 4.69) is 4.98 Å². The third-order valence-corrected chi connectivity index (χ3v) is 1.90. The molecular weight excluding hydrogens is 210 g/mol. The zero-order valence-electron chi connectivity index (χ0n) is 9.69. The molecular formula is C11H17NO4. The molecule has 0 atom stereocenters. The van der Waals surface area contributed by atoms with Crippen LogP contribution in [0.25, 0.3) is 0 Å². The van der Waals surface area contributed by atoms with Crippen LogP contribution in [0.5, 0.6) is 5.95 Å². The number of aryl methyl sites for hydroxylation is 1. The van der Waals surface area contributed by atoms with E-state index < -0.39 is 0 Å². The summed E-state index contributed by atoms with van der Waals surface area (Å²) in [6, 6.07) is 0. The maximum absolute atomic E-state index is 11.0. The highest BCUT2D eigenvalue weighted by Crippen LogP contribution is 2.14. The number of hydrogen-bond donors (Lipinski definition) is 0. The summed E-state index contributed by atoms with van der Waals surface area (Å²) in [5.41, 5.74) is 0. The van der Waals surface area contributed by atoms with E-state index >= 15 is 0 Å². The quantitative estimate of drug-likeness (QED) is 0.666. The van der Waals surface area contributed by atoms with Gasteiger partial charge in [-0.25, -0.2) is 4.98 Å². The topological polar surface area (TPSA) is 61.6 Å². The third-order valence-electron chi connectivity index (χ3n) is 1.90. The van der Waals surface area contributed by atoms with Crippen molar-refractivity contribution in [2.75, 3.05) is 13.2 Å². The second-order valence-corrected chi connectivity index (χ2v) is 3.16. The van der Waals surface area contributed by atoms with Gasteiger partial charge in [0.25, 0.3) is 0 Å². The van der Waals surface area contributed by atoms with Crippen molar-refractivity contribution >= 4 is 5.97 Å². The number of oxazole rings is 1. The molecule has 5 heteroatoms. The van der Waals surface area contributed by atoms with Crippen LogP contribution in [0.3, 0.4) is 0 Å². The van der Waals surface area contributed by atoms with Gasteiger partial charge < -0.3 is 13.9 Å². The fraction of sp³-hybridized carbons (Fsp3) is 0.636. The van der Waals surface area contributed by atoms with E-state index in [-0.39, 0.29) is 5.97 Å². The molecule has 0 spiro atoms. The molecule has 0 saturated heterocycles. The number of hydrogen-bond acceptors (Lipinski definition) is 5. The van der Waals surface area contributed by atoms with Crippen molar-refractivity contribution in [3.8, 4) is 5.95 Å². The SMILES string of the molecule is CCOC(=O)CCCc1ncc(OCC)o1. The molecule has 0 amide bonds. The van der Waals surface area contributed by atoms with Crippen LogP contribution in [0.1, 0.15) is 32.6 Å².